The van der Waals surface area contributed by atoms with E-state index in [0.717, 1.165) is 13.1 Å². The summed E-state index contributed by atoms with van der Waals surface area (Å²) in [5.41, 5.74) is -0.0367. The number of nitro groups is 1. The maximum Gasteiger partial charge on any atom is 0.306 e. The van der Waals surface area contributed by atoms with Gasteiger partial charge in [-0.3, -0.25) is 24.6 Å². The van der Waals surface area contributed by atoms with Crippen molar-refractivity contribution in [3.05, 3.63) is 22.5 Å². The molecule has 2 saturated heterocycles. The molecule has 2 aliphatic rings. The van der Waals surface area contributed by atoms with Gasteiger partial charge in [-0.1, -0.05) is 6.42 Å². The van der Waals surface area contributed by atoms with Gasteiger partial charge in [-0.25, -0.2) is 0 Å². The highest BCUT2D eigenvalue weighted by molar-refractivity contribution is 5.20. The van der Waals surface area contributed by atoms with E-state index in [1.807, 2.05) is 0 Å². The molecule has 1 N–H and O–H groups in total. The van der Waals surface area contributed by atoms with E-state index in [1.165, 1.54) is 62.3 Å². The molecule has 3 rings (SSSR count). The van der Waals surface area contributed by atoms with Crippen LogP contribution < -0.4 is 0 Å². The molecule has 1 aromatic heterocycles. The second kappa shape index (κ2) is 8.04. The molecule has 0 amide bonds. The van der Waals surface area contributed by atoms with E-state index in [4.69, 9.17) is 0 Å². The third kappa shape index (κ3) is 4.52. The summed E-state index contributed by atoms with van der Waals surface area (Å²) in [5, 5.41) is 24.9. The van der Waals surface area contributed by atoms with Crippen molar-refractivity contribution in [1.29, 1.82) is 0 Å². The molecule has 2 aliphatic heterocycles. The maximum atomic E-state index is 10.7. The molecular weight excluding hydrogens is 310 g/mol. The first-order chi connectivity index (χ1) is 11.6. The summed E-state index contributed by atoms with van der Waals surface area (Å²) in [7, 11) is 0. The predicted molar refractivity (Wildman–Crippen MR) is 89.8 cm³/mol. The summed E-state index contributed by atoms with van der Waals surface area (Å²) in [6.07, 6.45) is 8.40. The Hall–Kier alpha value is -1.51. The molecule has 0 saturated carbocycles. The Morgan fingerprint density at radius 1 is 1.25 bits per heavy atom. The maximum absolute atomic E-state index is 10.7. The van der Waals surface area contributed by atoms with Crippen LogP contribution in [0.15, 0.2) is 12.4 Å². The predicted octanol–water partition coefficient (Wildman–Crippen LogP) is 1.10. The van der Waals surface area contributed by atoms with E-state index in [2.05, 4.69) is 14.9 Å². The summed E-state index contributed by atoms with van der Waals surface area (Å²) in [4.78, 5) is 15.1. The molecule has 1 aromatic rings. The quantitative estimate of drug-likeness (QED) is 0.618. The van der Waals surface area contributed by atoms with Crippen molar-refractivity contribution in [3.63, 3.8) is 0 Å². The molecule has 2 fully saturated rings. The normalized spacial score (nSPS) is 24.8. The first kappa shape index (κ1) is 17.3. The lowest BCUT2D eigenvalue weighted by Gasteiger charge is -2.41. The van der Waals surface area contributed by atoms with Crippen LogP contribution in [0.5, 0.6) is 0 Å². The molecule has 0 radical (unpaired) electrons. The fraction of sp³-hybridized carbons (Fsp3) is 0.812. The van der Waals surface area contributed by atoms with Crippen LogP contribution in [0.3, 0.4) is 0 Å². The van der Waals surface area contributed by atoms with Crippen molar-refractivity contribution in [2.45, 2.75) is 50.8 Å². The molecule has 0 spiro atoms. The van der Waals surface area contributed by atoms with Crippen LogP contribution in [0, 0.1) is 10.1 Å². The fourth-order valence-electron chi connectivity index (χ4n) is 3.90. The Morgan fingerprint density at radius 2 is 2.04 bits per heavy atom. The van der Waals surface area contributed by atoms with Crippen LogP contribution >= 0.6 is 0 Å². The van der Waals surface area contributed by atoms with Crippen molar-refractivity contribution < 1.29 is 10.0 Å². The van der Waals surface area contributed by atoms with Crippen LogP contribution in [-0.4, -0.2) is 74.5 Å². The third-order valence-electron chi connectivity index (χ3n) is 5.08. The van der Waals surface area contributed by atoms with Crippen LogP contribution in [0.25, 0.3) is 0 Å². The van der Waals surface area contributed by atoms with E-state index in [9.17, 15) is 15.2 Å². The highest BCUT2D eigenvalue weighted by Crippen LogP contribution is 2.20. The molecule has 8 heteroatoms. The molecule has 0 aromatic carbocycles. The van der Waals surface area contributed by atoms with Gasteiger partial charge in [-0.15, -0.1) is 0 Å². The zero-order valence-corrected chi connectivity index (χ0v) is 14.1. The van der Waals surface area contributed by atoms with Crippen LogP contribution in [0.4, 0.5) is 5.69 Å². The van der Waals surface area contributed by atoms with E-state index >= 15 is 0 Å². The molecule has 0 bridgehead atoms. The topological polar surface area (TPSA) is 87.7 Å². The Bertz CT molecular complexity index is 544. The third-order valence-corrected chi connectivity index (χ3v) is 5.08. The van der Waals surface area contributed by atoms with Crippen molar-refractivity contribution in [3.8, 4) is 0 Å². The van der Waals surface area contributed by atoms with Gasteiger partial charge in [0.25, 0.3) is 0 Å². The molecule has 0 aliphatic carbocycles. The molecular formula is C16H27N5O3. The Kier molecular flexibility index (Phi) is 5.80. The smallest absolute Gasteiger partial charge is 0.306 e. The van der Waals surface area contributed by atoms with Gasteiger partial charge in [0.2, 0.25) is 0 Å². The standard InChI is InChI=1S/C16H27N5O3/c22-16(13-20-11-15(9-17-20)21(23)24)12-18-6-4-5-14(10-18)19-7-2-1-3-8-19/h9,11,14,16,22H,1-8,10,12-13H2/t14-,16+/m1/s1. The Balaban J connectivity index is 1.48. The first-order valence-electron chi connectivity index (χ1n) is 8.93. The Morgan fingerprint density at radius 3 is 2.75 bits per heavy atom. The molecule has 8 nitrogen and oxygen atoms in total. The monoisotopic (exact) mass is 337 g/mol. The number of piperidine rings is 2. The average Bonchev–Trinajstić information content (AvgIpc) is 3.04. The van der Waals surface area contributed by atoms with Gasteiger partial charge in [0.1, 0.15) is 12.4 Å². The zero-order valence-electron chi connectivity index (χ0n) is 14.1. The number of β-amino-alcohol motifs (C(OH)–C–C–N with tert-alkyl or cyclic N) is 1. The Labute approximate surface area is 142 Å². The van der Waals surface area contributed by atoms with E-state index < -0.39 is 11.0 Å². The number of rotatable bonds is 6. The minimum atomic E-state index is -0.565. The molecule has 2 atom stereocenters. The molecule has 0 unspecified atom stereocenters. The minimum Gasteiger partial charge on any atom is -0.390 e. The van der Waals surface area contributed by atoms with Gasteiger partial charge >= 0.3 is 5.69 Å². The largest absolute Gasteiger partial charge is 0.390 e. The zero-order chi connectivity index (χ0) is 16.9. The lowest BCUT2D eigenvalue weighted by molar-refractivity contribution is -0.385. The second-order valence-electron chi connectivity index (χ2n) is 6.98. The molecule has 24 heavy (non-hydrogen) atoms. The van der Waals surface area contributed by atoms with Gasteiger partial charge < -0.3 is 5.11 Å². The summed E-state index contributed by atoms with van der Waals surface area (Å²) in [6.45, 7) is 5.32. The van der Waals surface area contributed by atoms with Gasteiger partial charge in [0, 0.05) is 19.1 Å². The van der Waals surface area contributed by atoms with Gasteiger partial charge in [-0.2, -0.15) is 5.10 Å². The van der Waals surface area contributed by atoms with Crippen LogP contribution in [0.2, 0.25) is 0 Å². The number of hydrogen-bond acceptors (Lipinski definition) is 6. The van der Waals surface area contributed by atoms with Crippen molar-refractivity contribution in [2.75, 3.05) is 32.7 Å². The summed E-state index contributed by atoms with van der Waals surface area (Å²) >= 11 is 0. The van der Waals surface area contributed by atoms with Crippen LogP contribution in [0.1, 0.15) is 32.1 Å². The number of aromatic nitrogens is 2. The first-order valence-corrected chi connectivity index (χ1v) is 8.93. The number of nitrogens with zero attached hydrogens (tertiary/aromatic N) is 5. The molecule has 134 valence electrons. The summed E-state index contributed by atoms with van der Waals surface area (Å²) in [6, 6.07) is 0.608. The SMILES string of the molecule is O=[N+]([O-])c1cnn(C[C@@H](O)CN2CCC[C@@H](N3CCCCC3)C2)c1. The van der Waals surface area contributed by atoms with Crippen LogP contribution in [-0.2, 0) is 6.54 Å². The second-order valence-corrected chi connectivity index (χ2v) is 6.98. The van der Waals surface area contributed by atoms with Crippen molar-refractivity contribution in [2.24, 2.45) is 0 Å². The molecule has 3 heterocycles. The van der Waals surface area contributed by atoms with E-state index in [0.29, 0.717) is 19.1 Å². The number of hydrogen-bond donors (Lipinski definition) is 1. The fourth-order valence-corrected chi connectivity index (χ4v) is 3.90. The minimum absolute atomic E-state index is 0.0367. The lowest BCUT2D eigenvalue weighted by Crippen LogP contribution is -2.51. The van der Waals surface area contributed by atoms with Crippen molar-refractivity contribution >= 4 is 5.69 Å². The van der Waals surface area contributed by atoms with Gasteiger partial charge in [0.15, 0.2) is 0 Å². The number of aliphatic hydroxyl groups excluding tert-OH is 1. The lowest BCUT2D eigenvalue weighted by atomic mass is 10.0. The highest BCUT2D eigenvalue weighted by Gasteiger charge is 2.27. The summed E-state index contributed by atoms with van der Waals surface area (Å²) < 4.78 is 1.45. The highest BCUT2D eigenvalue weighted by atomic mass is 16.6. The van der Waals surface area contributed by atoms with Crippen molar-refractivity contribution in [1.82, 2.24) is 19.6 Å². The van der Waals surface area contributed by atoms with Gasteiger partial charge in [0.05, 0.1) is 17.6 Å². The van der Waals surface area contributed by atoms with Gasteiger partial charge in [-0.05, 0) is 45.3 Å². The number of likely N-dealkylation sites (tertiary alicyclic amines) is 2. The number of aliphatic hydroxyl groups is 1. The van der Waals surface area contributed by atoms with E-state index in [-0.39, 0.29) is 5.69 Å². The van der Waals surface area contributed by atoms with E-state index in [1.54, 1.807) is 0 Å². The summed E-state index contributed by atoms with van der Waals surface area (Å²) in [5.74, 6) is 0. The average molecular weight is 337 g/mol.